The summed E-state index contributed by atoms with van der Waals surface area (Å²) in [5.41, 5.74) is 3.92. The molecule has 0 fully saturated rings. The van der Waals surface area contributed by atoms with E-state index in [2.05, 4.69) is 24.9 Å². The van der Waals surface area contributed by atoms with Crippen LogP contribution >= 0.6 is 0 Å². The fourth-order valence-electron chi connectivity index (χ4n) is 2.05. The van der Waals surface area contributed by atoms with Crippen LogP contribution in [0.3, 0.4) is 0 Å². The molecule has 0 radical (unpaired) electrons. The lowest BCUT2D eigenvalue weighted by atomic mass is 9.90. The van der Waals surface area contributed by atoms with E-state index in [1.54, 1.807) is 0 Å². The van der Waals surface area contributed by atoms with Gasteiger partial charge in [-0.15, -0.1) is 0 Å². The van der Waals surface area contributed by atoms with E-state index in [-0.39, 0.29) is 12.0 Å². The van der Waals surface area contributed by atoms with Crippen molar-refractivity contribution in [1.82, 2.24) is 4.98 Å². The van der Waals surface area contributed by atoms with Crippen LogP contribution < -0.4 is 0 Å². The van der Waals surface area contributed by atoms with E-state index < -0.39 is 0 Å². The summed E-state index contributed by atoms with van der Waals surface area (Å²) in [6, 6.07) is 2.24. The minimum atomic E-state index is -0.128. The Hall–Kier alpha value is -0.760. The molecule has 2 rings (SSSR count). The Morgan fingerprint density at radius 2 is 2.07 bits per heavy atom. The Balaban J connectivity index is 2.32. The van der Waals surface area contributed by atoms with Crippen LogP contribution in [0.25, 0.3) is 0 Å². The molecule has 0 aromatic carbocycles. The van der Waals surface area contributed by atoms with Gasteiger partial charge in [-0.2, -0.15) is 0 Å². The van der Waals surface area contributed by atoms with Crippen LogP contribution in [0.2, 0.25) is 0 Å². The molecule has 0 amide bonds. The lowest BCUT2D eigenvalue weighted by Gasteiger charge is -2.19. The van der Waals surface area contributed by atoms with Gasteiger partial charge in [0.1, 0.15) is 0 Å². The van der Waals surface area contributed by atoms with Gasteiger partial charge in [0, 0.05) is 16.8 Å². The predicted molar refractivity (Wildman–Crippen MR) is 57.5 cm³/mol. The fourth-order valence-corrected chi connectivity index (χ4v) is 2.05. The minimum Gasteiger partial charge on any atom is -0.395 e. The van der Waals surface area contributed by atoms with Crippen LogP contribution in [0, 0.1) is 0 Å². The maximum atomic E-state index is 9.29. The fraction of sp³-hybridized carbons (Fsp3) is 0.667. The number of nitrogens with one attached hydrogen (secondary N) is 1. The molecule has 0 unspecified atom stereocenters. The van der Waals surface area contributed by atoms with Gasteiger partial charge in [-0.1, -0.05) is 13.8 Å². The second-order valence-electron chi connectivity index (χ2n) is 4.94. The first kappa shape index (κ1) is 9.78. The molecule has 1 heterocycles. The van der Waals surface area contributed by atoms with Gasteiger partial charge in [0.25, 0.3) is 0 Å². The zero-order valence-electron chi connectivity index (χ0n) is 9.06. The smallest absolute Gasteiger partial charge is 0.0536 e. The van der Waals surface area contributed by atoms with E-state index in [9.17, 15) is 5.11 Å². The molecule has 1 aromatic heterocycles. The van der Waals surface area contributed by atoms with Crippen molar-refractivity contribution in [2.75, 3.05) is 6.61 Å². The van der Waals surface area contributed by atoms with Crippen molar-refractivity contribution in [1.29, 1.82) is 0 Å². The first-order valence-corrected chi connectivity index (χ1v) is 5.45. The highest BCUT2D eigenvalue weighted by Gasteiger charge is 2.23. The van der Waals surface area contributed by atoms with E-state index >= 15 is 0 Å². The number of hydrogen-bond acceptors (Lipinski definition) is 1. The molecule has 0 saturated heterocycles. The molecule has 0 spiro atoms. The zero-order valence-corrected chi connectivity index (χ0v) is 9.06. The number of aliphatic hydroxyl groups excluding tert-OH is 1. The third kappa shape index (κ3) is 1.59. The van der Waals surface area contributed by atoms with Gasteiger partial charge >= 0.3 is 0 Å². The zero-order chi connectivity index (χ0) is 10.2. The average Bonchev–Trinajstić information content (AvgIpc) is 2.61. The normalized spacial score (nSPS) is 16.8. The molecule has 0 bridgehead atoms. The third-order valence-electron chi connectivity index (χ3n) is 3.24. The van der Waals surface area contributed by atoms with Crippen molar-refractivity contribution in [3.05, 3.63) is 23.0 Å². The lowest BCUT2D eigenvalue weighted by molar-refractivity contribution is 0.215. The molecule has 1 aliphatic carbocycles. The van der Waals surface area contributed by atoms with Crippen LogP contribution in [0.5, 0.6) is 0 Å². The second-order valence-corrected chi connectivity index (χ2v) is 4.94. The molecule has 0 atom stereocenters. The van der Waals surface area contributed by atoms with Crippen LogP contribution in [0.15, 0.2) is 6.07 Å². The molecule has 2 heteroatoms. The third-order valence-corrected chi connectivity index (χ3v) is 3.24. The van der Waals surface area contributed by atoms with E-state index in [1.165, 1.54) is 42.6 Å². The largest absolute Gasteiger partial charge is 0.395 e. The first-order valence-electron chi connectivity index (χ1n) is 5.45. The Labute approximate surface area is 85.3 Å². The van der Waals surface area contributed by atoms with Gasteiger partial charge in [-0.25, -0.2) is 0 Å². The number of H-pyrrole nitrogens is 1. The Kier molecular flexibility index (Phi) is 2.40. The molecule has 2 N–H and O–H groups in total. The maximum absolute atomic E-state index is 9.29. The van der Waals surface area contributed by atoms with Crippen LogP contribution in [0.1, 0.15) is 43.6 Å². The number of aromatic nitrogens is 1. The van der Waals surface area contributed by atoms with Gasteiger partial charge in [-0.05, 0) is 37.3 Å². The van der Waals surface area contributed by atoms with Crippen LogP contribution in [-0.4, -0.2) is 16.7 Å². The quantitative estimate of drug-likeness (QED) is 0.742. The molecule has 78 valence electrons. The van der Waals surface area contributed by atoms with Gasteiger partial charge in [0.05, 0.1) is 6.61 Å². The SMILES string of the molecule is CC(C)(CO)c1cc2c([nH]1)CCCC2. The Bertz CT molecular complexity index is 302. The van der Waals surface area contributed by atoms with Crippen molar-refractivity contribution in [2.45, 2.75) is 44.9 Å². The molecule has 1 aromatic rings. The number of rotatable bonds is 2. The Morgan fingerprint density at radius 3 is 2.71 bits per heavy atom. The van der Waals surface area contributed by atoms with Crippen molar-refractivity contribution >= 4 is 0 Å². The second kappa shape index (κ2) is 3.43. The van der Waals surface area contributed by atoms with Gasteiger partial charge in [0.15, 0.2) is 0 Å². The van der Waals surface area contributed by atoms with E-state index in [0.717, 1.165) is 0 Å². The van der Waals surface area contributed by atoms with E-state index in [4.69, 9.17) is 0 Å². The van der Waals surface area contributed by atoms with Crippen molar-refractivity contribution in [2.24, 2.45) is 0 Å². The average molecular weight is 193 g/mol. The minimum absolute atomic E-state index is 0.128. The summed E-state index contributed by atoms with van der Waals surface area (Å²) in [5, 5.41) is 9.29. The summed E-state index contributed by atoms with van der Waals surface area (Å²) in [6.07, 6.45) is 4.99. The highest BCUT2D eigenvalue weighted by molar-refractivity contribution is 5.31. The highest BCUT2D eigenvalue weighted by atomic mass is 16.3. The number of aromatic amines is 1. The number of fused-ring (bicyclic) bond motifs is 1. The monoisotopic (exact) mass is 193 g/mol. The Morgan fingerprint density at radius 1 is 1.36 bits per heavy atom. The van der Waals surface area contributed by atoms with Crippen molar-refractivity contribution < 1.29 is 5.11 Å². The number of aliphatic hydroxyl groups is 1. The van der Waals surface area contributed by atoms with Crippen LogP contribution in [0.4, 0.5) is 0 Å². The summed E-state index contributed by atoms with van der Waals surface area (Å²) in [5.74, 6) is 0. The van der Waals surface area contributed by atoms with Gasteiger partial charge in [-0.3, -0.25) is 0 Å². The van der Waals surface area contributed by atoms with Crippen LogP contribution in [-0.2, 0) is 18.3 Å². The highest BCUT2D eigenvalue weighted by Crippen LogP contribution is 2.28. The first-order chi connectivity index (χ1) is 6.63. The molecule has 14 heavy (non-hydrogen) atoms. The standard InChI is InChI=1S/C12H19NO/c1-12(2,8-14)11-7-9-5-3-4-6-10(9)13-11/h7,13-14H,3-6,8H2,1-2H3. The van der Waals surface area contributed by atoms with E-state index in [0.29, 0.717) is 0 Å². The summed E-state index contributed by atoms with van der Waals surface area (Å²) in [7, 11) is 0. The summed E-state index contributed by atoms with van der Waals surface area (Å²) >= 11 is 0. The number of hydrogen-bond donors (Lipinski definition) is 2. The molecular weight excluding hydrogens is 174 g/mol. The molecule has 2 nitrogen and oxygen atoms in total. The van der Waals surface area contributed by atoms with E-state index in [1.807, 2.05) is 0 Å². The topological polar surface area (TPSA) is 36.0 Å². The summed E-state index contributed by atoms with van der Waals surface area (Å²) < 4.78 is 0. The van der Waals surface area contributed by atoms with Crippen molar-refractivity contribution in [3.63, 3.8) is 0 Å². The lowest BCUT2D eigenvalue weighted by Crippen LogP contribution is -2.22. The summed E-state index contributed by atoms with van der Waals surface area (Å²) in [6.45, 7) is 4.35. The molecule has 1 aliphatic rings. The van der Waals surface area contributed by atoms with Gasteiger partial charge < -0.3 is 10.1 Å². The van der Waals surface area contributed by atoms with Gasteiger partial charge in [0.2, 0.25) is 0 Å². The molecule has 0 saturated carbocycles. The molecule has 0 aliphatic heterocycles. The molecular formula is C12H19NO. The maximum Gasteiger partial charge on any atom is 0.0536 e. The summed E-state index contributed by atoms with van der Waals surface area (Å²) in [4.78, 5) is 3.46. The number of aryl methyl sites for hydroxylation is 2. The predicted octanol–water partition coefficient (Wildman–Crippen LogP) is 2.16. The van der Waals surface area contributed by atoms with Crippen molar-refractivity contribution in [3.8, 4) is 0 Å².